The predicted molar refractivity (Wildman–Crippen MR) is 74.9 cm³/mol. The molecular formula is C14H27N3O2. The second-order valence-electron chi connectivity index (χ2n) is 5.69. The predicted octanol–water partition coefficient (Wildman–Crippen LogP) is 0.437. The summed E-state index contributed by atoms with van der Waals surface area (Å²) in [4.78, 5) is 16.3. The number of ether oxygens (including phenoxy) is 1. The van der Waals surface area contributed by atoms with Crippen LogP contribution in [0.25, 0.3) is 0 Å². The summed E-state index contributed by atoms with van der Waals surface area (Å²) in [6.07, 6.45) is 6.07. The van der Waals surface area contributed by atoms with Crippen molar-refractivity contribution in [2.75, 3.05) is 39.8 Å². The standard InChI is InChI=1S/C14H27N3O2/c1-16(8-4-7-15)14(18)11-17-9-10-19-13-6-3-2-5-12(13)17/h12-13H,2-11,15H2,1H3. The van der Waals surface area contributed by atoms with E-state index in [1.165, 1.54) is 19.3 Å². The maximum Gasteiger partial charge on any atom is 0.236 e. The third kappa shape index (κ3) is 3.91. The van der Waals surface area contributed by atoms with Gasteiger partial charge in [-0.15, -0.1) is 0 Å². The summed E-state index contributed by atoms with van der Waals surface area (Å²) in [5, 5.41) is 0. The van der Waals surface area contributed by atoms with Crippen LogP contribution in [-0.4, -0.2) is 67.7 Å². The molecule has 2 fully saturated rings. The molecule has 0 bridgehead atoms. The van der Waals surface area contributed by atoms with Crippen LogP contribution in [0.1, 0.15) is 32.1 Å². The van der Waals surface area contributed by atoms with E-state index in [1.54, 1.807) is 4.90 Å². The first kappa shape index (κ1) is 14.8. The van der Waals surface area contributed by atoms with Gasteiger partial charge in [0.15, 0.2) is 0 Å². The van der Waals surface area contributed by atoms with E-state index in [0.29, 0.717) is 25.2 Å². The summed E-state index contributed by atoms with van der Waals surface area (Å²) < 4.78 is 5.84. The van der Waals surface area contributed by atoms with Gasteiger partial charge >= 0.3 is 0 Å². The highest BCUT2D eigenvalue weighted by atomic mass is 16.5. The van der Waals surface area contributed by atoms with Gasteiger partial charge < -0.3 is 15.4 Å². The monoisotopic (exact) mass is 269 g/mol. The molecule has 2 rings (SSSR count). The molecule has 1 aliphatic carbocycles. The van der Waals surface area contributed by atoms with E-state index in [0.717, 1.165) is 32.5 Å². The molecule has 1 amide bonds. The van der Waals surface area contributed by atoms with Gasteiger partial charge in [-0.3, -0.25) is 9.69 Å². The molecule has 1 heterocycles. The number of rotatable bonds is 5. The largest absolute Gasteiger partial charge is 0.375 e. The number of nitrogens with zero attached hydrogens (tertiary/aromatic N) is 2. The number of carbonyl (C=O) groups excluding carboxylic acids is 1. The van der Waals surface area contributed by atoms with Crippen LogP contribution in [0.4, 0.5) is 0 Å². The summed E-state index contributed by atoms with van der Waals surface area (Å²) in [5.74, 6) is 0.208. The molecule has 2 N–H and O–H groups in total. The minimum atomic E-state index is 0.208. The number of fused-ring (bicyclic) bond motifs is 1. The summed E-state index contributed by atoms with van der Waals surface area (Å²) in [6, 6.07) is 0.453. The molecule has 2 unspecified atom stereocenters. The molecule has 0 aromatic rings. The minimum Gasteiger partial charge on any atom is -0.375 e. The zero-order valence-corrected chi connectivity index (χ0v) is 12.0. The zero-order valence-electron chi connectivity index (χ0n) is 12.0. The summed E-state index contributed by atoms with van der Waals surface area (Å²) in [5.41, 5.74) is 5.48. The smallest absolute Gasteiger partial charge is 0.236 e. The zero-order chi connectivity index (χ0) is 13.7. The third-order valence-electron chi connectivity index (χ3n) is 4.31. The van der Waals surface area contributed by atoms with E-state index in [1.807, 2.05) is 7.05 Å². The number of amides is 1. The molecule has 2 atom stereocenters. The van der Waals surface area contributed by atoms with E-state index in [2.05, 4.69) is 4.90 Å². The molecular weight excluding hydrogens is 242 g/mol. The third-order valence-corrected chi connectivity index (χ3v) is 4.31. The van der Waals surface area contributed by atoms with Crippen molar-refractivity contribution in [1.29, 1.82) is 0 Å². The summed E-state index contributed by atoms with van der Waals surface area (Å²) in [6.45, 7) is 3.58. The Balaban J connectivity index is 1.84. The van der Waals surface area contributed by atoms with Crippen molar-refractivity contribution in [2.24, 2.45) is 5.73 Å². The average Bonchev–Trinajstić information content (AvgIpc) is 2.45. The van der Waals surface area contributed by atoms with Gasteiger partial charge in [0.25, 0.3) is 0 Å². The highest BCUT2D eigenvalue weighted by Gasteiger charge is 2.35. The highest BCUT2D eigenvalue weighted by molar-refractivity contribution is 5.78. The lowest BCUT2D eigenvalue weighted by atomic mass is 9.90. The van der Waals surface area contributed by atoms with E-state index >= 15 is 0 Å². The molecule has 110 valence electrons. The Morgan fingerprint density at radius 3 is 3.00 bits per heavy atom. The lowest BCUT2D eigenvalue weighted by Gasteiger charge is -2.43. The Kier molecular flexibility index (Phi) is 5.60. The Labute approximate surface area is 116 Å². The van der Waals surface area contributed by atoms with Crippen molar-refractivity contribution in [1.82, 2.24) is 9.80 Å². The van der Waals surface area contributed by atoms with Crippen LogP contribution < -0.4 is 5.73 Å². The molecule has 1 saturated carbocycles. The summed E-state index contributed by atoms with van der Waals surface area (Å²) >= 11 is 0. The van der Waals surface area contributed by atoms with Gasteiger partial charge in [0.1, 0.15) is 0 Å². The Morgan fingerprint density at radius 2 is 2.21 bits per heavy atom. The number of nitrogens with two attached hydrogens (primary N) is 1. The van der Waals surface area contributed by atoms with Crippen molar-refractivity contribution in [2.45, 2.75) is 44.2 Å². The van der Waals surface area contributed by atoms with Gasteiger partial charge in [0, 0.05) is 26.2 Å². The number of hydrogen-bond acceptors (Lipinski definition) is 4. The lowest BCUT2D eigenvalue weighted by Crippen LogP contribution is -2.55. The van der Waals surface area contributed by atoms with Crippen LogP contribution in [0, 0.1) is 0 Å². The van der Waals surface area contributed by atoms with Gasteiger partial charge in [0.2, 0.25) is 5.91 Å². The van der Waals surface area contributed by atoms with Crippen molar-refractivity contribution < 1.29 is 9.53 Å². The van der Waals surface area contributed by atoms with Gasteiger partial charge in [0.05, 0.1) is 19.3 Å². The van der Waals surface area contributed by atoms with Crippen LogP contribution in [0.2, 0.25) is 0 Å². The number of morpholine rings is 1. The highest BCUT2D eigenvalue weighted by Crippen LogP contribution is 2.28. The van der Waals surface area contributed by atoms with E-state index in [4.69, 9.17) is 10.5 Å². The quantitative estimate of drug-likeness (QED) is 0.786. The van der Waals surface area contributed by atoms with Gasteiger partial charge in [-0.05, 0) is 25.8 Å². The first-order valence-electron chi connectivity index (χ1n) is 7.52. The fraction of sp³-hybridized carbons (Fsp3) is 0.929. The molecule has 5 nitrogen and oxygen atoms in total. The fourth-order valence-electron chi connectivity index (χ4n) is 3.12. The number of hydrogen-bond donors (Lipinski definition) is 1. The summed E-state index contributed by atoms with van der Waals surface area (Å²) in [7, 11) is 1.87. The van der Waals surface area contributed by atoms with Crippen molar-refractivity contribution in [3.05, 3.63) is 0 Å². The first-order chi connectivity index (χ1) is 9.22. The fourth-order valence-corrected chi connectivity index (χ4v) is 3.12. The maximum atomic E-state index is 12.2. The molecule has 1 saturated heterocycles. The van der Waals surface area contributed by atoms with Crippen LogP contribution in [0.15, 0.2) is 0 Å². The molecule has 19 heavy (non-hydrogen) atoms. The second-order valence-corrected chi connectivity index (χ2v) is 5.69. The van der Waals surface area contributed by atoms with E-state index < -0.39 is 0 Å². The molecule has 0 aromatic carbocycles. The number of carbonyl (C=O) groups is 1. The van der Waals surface area contributed by atoms with E-state index in [9.17, 15) is 4.79 Å². The van der Waals surface area contributed by atoms with Gasteiger partial charge in [-0.2, -0.15) is 0 Å². The molecule has 0 aromatic heterocycles. The van der Waals surface area contributed by atoms with Gasteiger partial charge in [-0.25, -0.2) is 0 Å². The van der Waals surface area contributed by atoms with Crippen molar-refractivity contribution in [3.63, 3.8) is 0 Å². The van der Waals surface area contributed by atoms with Crippen LogP contribution >= 0.6 is 0 Å². The molecule has 2 aliphatic rings. The minimum absolute atomic E-state index is 0.208. The van der Waals surface area contributed by atoms with Crippen LogP contribution in [-0.2, 0) is 9.53 Å². The maximum absolute atomic E-state index is 12.2. The number of likely N-dealkylation sites (N-methyl/N-ethyl adjacent to an activating group) is 1. The molecule has 0 spiro atoms. The Bertz CT molecular complexity index is 296. The lowest BCUT2D eigenvalue weighted by molar-refractivity contribution is -0.137. The first-order valence-corrected chi connectivity index (χ1v) is 7.52. The van der Waals surface area contributed by atoms with Crippen molar-refractivity contribution in [3.8, 4) is 0 Å². The topological polar surface area (TPSA) is 58.8 Å². The normalized spacial score (nSPS) is 27.9. The Morgan fingerprint density at radius 1 is 1.42 bits per heavy atom. The van der Waals surface area contributed by atoms with Crippen LogP contribution in [0.5, 0.6) is 0 Å². The van der Waals surface area contributed by atoms with Gasteiger partial charge in [-0.1, -0.05) is 12.8 Å². The molecule has 0 radical (unpaired) electrons. The van der Waals surface area contributed by atoms with Crippen LogP contribution in [0.3, 0.4) is 0 Å². The van der Waals surface area contributed by atoms with Crippen molar-refractivity contribution >= 4 is 5.91 Å². The second kappa shape index (κ2) is 7.22. The van der Waals surface area contributed by atoms with E-state index in [-0.39, 0.29) is 5.91 Å². The SMILES string of the molecule is CN(CCCN)C(=O)CN1CCOC2CCCCC21. The molecule has 1 aliphatic heterocycles. The average molecular weight is 269 g/mol. The Hall–Kier alpha value is -0.650. The molecule has 5 heteroatoms.